The third kappa shape index (κ3) is 6.13. The maximum absolute atomic E-state index is 16.0. The Morgan fingerprint density at radius 3 is 2.67 bits per heavy atom. The largest absolute Gasteiger partial charge is 0.453 e. The Balaban J connectivity index is 1.39. The summed E-state index contributed by atoms with van der Waals surface area (Å²) in [5, 5.41) is 17.5. The lowest BCUT2D eigenvalue weighted by Crippen LogP contribution is -2.32. The number of nitro groups is 1. The molecule has 0 radical (unpaired) electrons. The normalized spacial score (nSPS) is 15.4. The van der Waals surface area contributed by atoms with Crippen molar-refractivity contribution >= 4 is 67.1 Å². The first-order valence-corrected chi connectivity index (χ1v) is 16.5. The highest BCUT2D eigenvalue weighted by Gasteiger charge is 2.24. The molecule has 0 saturated carbocycles. The minimum absolute atomic E-state index is 0.00476. The number of nitrogens with zero attached hydrogens (tertiary/aromatic N) is 4. The number of pyridine rings is 1. The van der Waals surface area contributed by atoms with E-state index in [1.807, 2.05) is 14.1 Å². The molecule has 13 nitrogen and oxygen atoms in total. The summed E-state index contributed by atoms with van der Waals surface area (Å²) in [5.74, 6) is -1.23. The molecule has 4 heterocycles. The first-order chi connectivity index (χ1) is 23.6. The van der Waals surface area contributed by atoms with Crippen LogP contribution < -0.4 is 16.1 Å². The second-order valence-corrected chi connectivity index (χ2v) is 13.0. The number of carbonyl (C=O) groups excluding carboxylic acids is 1. The van der Waals surface area contributed by atoms with E-state index >= 15 is 4.39 Å². The van der Waals surface area contributed by atoms with Crippen LogP contribution in [0.3, 0.4) is 0 Å². The van der Waals surface area contributed by atoms with Gasteiger partial charge in [-0.1, -0.05) is 0 Å². The van der Waals surface area contributed by atoms with Crippen molar-refractivity contribution < 1.29 is 22.9 Å². The van der Waals surface area contributed by atoms with Gasteiger partial charge in [0.2, 0.25) is 5.43 Å². The van der Waals surface area contributed by atoms with Gasteiger partial charge >= 0.3 is 0 Å². The van der Waals surface area contributed by atoms with Gasteiger partial charge in [-0.05, 0) is 71.9 Å². The molecule has 1 aliphatic heterocycles. The summed E-state index contributed by atoms with van der Waals surface area (Å²) >= 11 is 0. The lowest BCUT2D eigenvalue weighted by atomic mass is 10.1. The van der Waals surface area contributed by atoms with Crippen LogP contribution >= 0.6 is 0 Å². The van der Waals surface area contributed by atoms with Crippen LogP contribution in [0.1, 0.15) is 43.0 Å². The van der Waals surface area contributed by atoms with E-state index in [4.69, 9.17) is 8.83 Å². The van der Waals surface area contributed by atoms with Crippen molar-refractivity contribution in [1.29, 1.82) is 0 Å². The molecule has 1 fully saturated rings. The first-order valence-electron chi connectivity index (χ1n) is 16.5. The molecule has 3 N–H and O–H groups in total. The molecule has 1 unspecified atom stereocenters. The van der Waals surface area contributed by atoms with Crippen molar-refractivity contribution in [3.8, 4) is 0 Å². The first kappa shape index (κ1) is 32.3. The molecule has 1 atom stereocenters. The lowest BCUT2D eigenvalue weighted by molar-refractivity contribution is -0.384. The number of unbranched alkanes of at least 4 members (excludes halogenated alkanes) is 1. The van der Waals surface area contributed by atoms with Crippen molar-refractivity contribution in [2.24, 2.45) is 0 Å². The van der Waals surface area contributed by atoms with E-state index in [1.165, 1.54) is 18.3 Å². The Morgan fingerprint density at radius 2 is 1.92 bits per heavy atom. The second-order valence-electron chi connectivity index (χ2n) is 13.0. The van der Waals surface area contributed by atoms with Gasteiger partial charge in [-0.25, -0.2) is 4.39 Å². The van der Waals surface area contributed by atoms with E-state index in [0.29, 0.717) is 58.9 Å². The minimum atomic E-state index is -0.666. The SMILES string of the molecule is CC1CCCN1CCNc1c(F)cc2c(=O)c(C(=O)NCCCCN(C)C)cn3c4cc5oc6cc([N+](=O)[O-])ccc6[nH]c5cc4oc1c23. The number of halogens is 1. The van der Waals surface area contributed by atoms with Gasteiger partial charge in [0.1, 0.15) is 16.8 Å². The molecular weight excluding hydrogens is 633 g/mol. The van der Waals surface area contributed by atoms with E-state index in [1.54, 1.807) is 22.6 Å². The van der Waals surface area contributed by atoms with Gasteiger partial charge in [0.15, 0.2) is 28.1 Å². The number of anilines is 1. The lowest BCUT2D eigenvalue weighted by Gasteiger charge is -2.22. The third-order valence-electron chi connectivity index (χ3n) is 9.35. The number of H-pyrrole nitrogens is 1. The number of carbonyl (C=O) groups is 1. The van der Waals surface area contributed by atoms with Crippen LogP contribution in [-0.4, -0.2) is 82.9 Å². The average molecular weight is 672 g/mol. The van der Waals surface area contributed by atoms with E-state index in [2.05, 4.69) is 32.3 Å². The zero-order valence-electron chi connectivity index (χ0n) is 27.6. The number of amides is 1. The average Bonchev–Trinajstić information content (AvgIpc) is 3.48. The molecule has 1 amide bonds. The summed E-state index contributed by atoms with van der Waals surface area (Å²) in [6.45, 7) is 5.57. The Labute approximate surface area is 279 Å². The summed E-state index contributed by atoms with van der Waals surface area (Å²) in [6.07, 6.45) is 5.30. The fraction of sp³-hybridized carbons (Fsp3) is 0.371. The van der Waals surface area contributed by atoms with E-state index in [0.717, 1.165) is 44.8 Å². The molecule has 6 aromatic rings. The van der Waals surface area contributed by atoms with Gasteiger partial charge in [-0.3, -0.25) is 24.6 Å². The van der Waals surface area contributed by atoms with Gasteiger partial charge in [0.25, 0.3) is 11.6 Å². The maximum atomic E-state index is 16.0. The quantitative estimate of drug-likeness (QED) is 0.0494. The third-order valence-corrected chi connectivity index (χ3v) is 9.35. The number of rotatable bonds is 11. The Hall–Kier alpha value is -5.21. The van der Waals surface area contributed by atoms with E-state index < -0.39 is 22.1 Å². The predicted molar refractivity (Wildman–Crippen MR) is 187 cm³/mol. The van der Waals surface area contributed by atoms with Gasteiger partial charge in [0, 0.05) is 50.1 Å². The van der Waals surface area contributed by atoms with Gasteiger partial charge < -0.3 is 33.8 Å². The highest BCUT2D eigenvalue weighted by Crippen LogP contribution is 2.35. The van der Waals surface area contributed by atoms with Crippen LogP contribution in [0.2, 0.25) is 0 Å². The van der Waals surface area contributed by atoms with E-state index in [9.17, 15) is 19.7 Å². The van der Waals surface area contributed by atoms with Crippen molar-refractivity contribution in [3.05, 3.63) is 74.3 Å². The molecular formula is C35H38FN7O6. The van der Waals surface area contributed by atoms with Crippen molar-refractivity contribution in [2.45, 2.75) is 38.6 Å². The van der Waals surface area contributed by atoms with Crippen LogP contribution in [0.5, 0.6) is 0 Å². The fourth-order valence-corrected chi connectivity index (χ4v) is 6.73. The number of nitrogens with one attached hydrogen (secondary N) is 3. The number of nitro benzene ring substituents is 1. The molecule has 0 bridgehead atoms. The number of aromatic amines is 1. The van der Waals surface area contributed by atoms with Crippen molar-refractivity contribution in [2.75, 3.05) is 52.1 Å². The molecule has 3 aromatic heterocycles. The number of aromatic nitrogens is 2. The molecule has 0 spiro atoms. The van der Waals surface area contributed by atoms with Gasteiger partial charge in [-0.15, -0.1) is 0 Å². The number of hydrogen-bond acceptors (Lipinski definition) is 9. The zero-order chi connectivity index (χ0) is 34.4. The Bertz CT molecular complexity index is 2340. The molecule has 49 heavy (non-hydrogen) atoms. The smallest absolute Gasteiger partial charge is 0.273 e. The molecule has 256 valence electrons. The number of benzene rings is 3. The predicted octanol–water partition coefficient (Wildman–Crippen LogP) is 6.00. The topological polar surface area (TPSA) is 154 Å². The minimum Gasteiger partial charge on any atom is -0.453 e. The molecule has 7 rings (SSSR count). The number of fused-ring (bicyclic) bond motifs is 4. The van der Waals surface area contributed by atoms with Crippen LogP contribution in [0.15, 0.2) is 56.2 Å². The summed E-state index contributed by atoms with van der Waals surface area (Å²) in [7, 11) is 3.95. The van der Waals surface area contributed by atoms with E-state index in [-0.39, 0.29) is 33.5 Å². The van der Waals surface area contributed by atoms with Crippen LogP contribution in [-0.2, 0) is 0 Å². The number of non-ortho nitro benzene ring substituents is 1. The highest BCUT2D eigenvalue weighted by atomic mass is 19.1. The number of hydrogen-bond donors (Lipinski definition) is 3. The molecule has 3 aromatic carbocycles. The monoisotopic (exact) mass is 671 g/mol. The van der Waals surface area contributed by atoms with Crippen LogP contribution in [0.25, 0.3) is 49.8 Å². The maximum Gasteiger partial charge on any atom is 0.273 e. The molecule has 0 aliphatic carbocycles. The molecule has 1 saturated heterocycles. The summed E-state index contributed by atoms with van der Waals surface area (Å²) in [6, 6.07) is 9.23. The summed E-state index contributed by atoms with van der Waals surface area (Å²) < 4.78 is 30.2. The van der Waals surface area contributed by atoms with Gasteiger partial charge in [0.05, 0.1) is 32.9 Å². The second kappa shape index (κ2) is 13.0. The summed E-state index contributed by atoms with van der Waals surface area (Å²) in [5.41, 5.74) is 2.10. The Kier molecular flexibility index (Phi) is 8.59. The van der Waals surface area contributed by atoms with Crippen LogP contribution in [0, 0.1) is 15.9 Å². The van der Waals surface area contributed by atoms with Crippen molar-refractivity contribution in [1.82, 2.24) is 24.5 Å². The fourth-order valence-electron chi connectivity index (χ4n) is 6.73. The highest BCUT2D eigenvalue weighted by molar-refractivity contribution is 6.06. The summed E-state index contributed by atoms with van der Waals surface area (Å²) in [4.78, 5) is 45.8. The Morgan fingerprint density at radius 1 is 1.10 bits per heavy atom. The van der Waals surface area contributed by atoms with Gasteiger partial charge in [-0.2, -0.15) is 0 Å². The number of likely N-dealkylation sites (tertiary alicyclic amines) is 1. The molecule has 14 heteroatoms. The zero-order valence-corrected chi connectivity index (χ0v) is 27.6. The standard InChI is InChI=1S/C35H38FN7O6/c1-20-7-6-13-41(20)14-11-37-31-24(36)16-22-32-34(31)49-30-17-26-29(48-28-15-21(43(46)47)8-9-25(28)39-26)18-27(30)42(32)19-23(33(22)44)35(45)38-10-4-5-12-40(2)3/h8-9,15-20,37,39H,4-7,10-14H2,1-3H3,(H,38,45). The molecule has 1 aliphatic rings. The van der Waals surface area contributed by atoms with Crippen molar-refractivity contribution in [3.63, 3.8) is 0 Å². The van der Waals surface area contributed by atoms with Crippen LogP contribution in [0.4, 0.5) is 15.8 Å².